The summed E-state index contributed by atoms with van der Waals surface area (Å²) in [7, 11) is 2.06. The molecule has 0 bridgehead atoms. The lowest BCUT2D eigenvalue weighted by Gasteiger charge is -2.31. The lowest BCUT2D eigenvalue weighted by atomic mass is 10.2. The Morgan fingerprint density at radius 3 is 2.82 bits per heavy atom. The third kappa shape index (κ3) is 4.90. The van der Waals surface area contributed by atoms with Gasteiger partial charge in [-0.15, -0.1) is 0 Å². The number of nitro groups is 1. The van der Waals surface area contributed by atoms with Crippen LogP contribution in [0.4, 0.5) is 5.69 Å². The number of nitro benzene ring substituents is 1. The van der Waals surface area contributed by atoms with E-state index in [1.165, 1.54) is 18.3 Å². The maximum Gasteiger partial charge on any atom is 0.270 e. The van der Waals surface area contributed by atoms with E-state index < -0.39 is 4.92 Å². The SMILES string of the molecule is CN1CCN(CC(=O)N/N=C/c2cccc([N+](=O)[O-])c2)CC1. The smallest absolute Gasteiger partial charge is 0.270 e. The summed E-state index contributed by atoms with van der Waals surface area (Å²) in [6.07, 6.45) is 1.40. The van der Waals surface area contributed by atoms with E-state index >= 15 is 0 Å². The van der Waals surface area contributed by atoms with Gasteiger partial charge in [-0.25, -0.2) is 5.43 Å². The Kier molecular flexibility index (Phi) is 5.56. The molecule has 1 aromatic carbocycles. The van der Waals surface area contributed by atoms with Gasteiger partial charge in [0.05, 0.1) is 17.7 Å². The van der Waals surface area contributed by atoms with Crippen LogP contribution in [0.1, 0.15) is 5.56 Å². The fraction of sp³-hybridized carbons (Fsp3) is 0.429. The highest BCUT2D eigenvalue weighted by atomic mass is 16.6. The summed E-state index contributed by atoms with van der Waals surface area (Å²) in [5, 5.41) is 14.5. The molecule has 1 fully saturated rings. The highest BCUT2D eigenvalue weighted by Gasteiger charge is 2.16. The molecule has 1 aliphatic heterocycles. The van der Waals surface area contributed by atoms with Crippen molar-refractivity contribution in [1.29, 1.82) is 0 Å². The Hall–Kier alpha value is -2.32. The summed E-state index contributed by atoms with van der Waals surface area (Å²) in [6.45, 7) is 3.92. The van der Waals surface area contributed by atoms with E-state index in [9.17, 15) is 14.9 Å². The van der Waals surface area contributed by atoms with Gasteiger partial charge in [0.1, 0.15) is 0 Å². The number of carbonyl (C=O) groups is 1. The number of nitrogens with zero attached hydrogens (tertiary/aromatic N) is 4. The molecule has 118 valence electrons. The molecule has 0 spiro atoms. The lowest BCUT2D eigenvalue weighted by molar-refractivity contribution is -0.384. The Morgan fingerprint density at radius 2 is 2.14 bits per heavy atom. The summed E-state index contributed by atoms with van der Waals surface area (Å²) in [4.78, 5) is 26.2. The topological polar surface area (TPSA) is 91.1 Å². The molecule has 1 saturated heterocycles. The summed E-state index contributed by atoms with van der Waals surface area (Å²) < 4.78 is 0. The number of hydrogen-bond acceptors (Lipinski definition) is 6. The van der Waals surface area contributed by atoms with Crippen LogP contribution in [0.3, 0.4) is 0 Å². The second-order valence-electron chi connectivity index (χ2n) is 5.22. The molecule has 0 aromatic heterocycles. The van der Waals surface area contributed by atoms with Gasteiger partial charge in [-0.1, -0.05) is 12.1 Å². The van der Waals surface area contributed by atoms with E-state index in [0.717, 1.165) is 26.2 Å². The number of piperazine rings is 1. The van der Waals surface area contributed by atoms with Gasteiger partial charge in [0.15, 0.2) is 0 Å². The van der Waals surface area contributed by atoms with Crippen LogP contribution in [0.15, 0.2) is 29.4 Å². The van der Waals surface area contributed by atoms with Crippen molar-refractivity contribution >= 4 is 17.8 Å². The van der Waals surface area contributed by atoms with E-state index in [2.05, 4.69) is 27.4 Å². The van der Waals surface area contributed by atoms with Crippen LogP contribution in [0.5, 0.6) is 0 Å². The molecule has 2 rings (SSSR count). The standard InChI is InChI=1S/C14H19N5O3/c1-17-5-7-18(8-6-17)11-14(20)16-15-10-12-3-2-4-13(9-12)19(21)22/h2-4,9-10H,5-8,11H2,1H3,(H,16,20)/b15-10+. The van der Waals surface area contributed by atoms with E-state index in [1.807, 2.05) is 0 Å². The molecule has 0 atom stereocenters. The van der Waals surface area contributed by atoms with Gasteiger partial charge in [0.2, 0.25) is 0 Å². The van der Waals surface area contributed by atoms with Gasteiger partial charge in [-0.2, -0.15) is 5.10 Å². The molecule has 0 radical (unpaired) electrons. The Labute approximate surface area is 128 Å². The van der Waals surface area contributed by atoms with Gasteiger partial charge in [0.25, 0.3) is 11.6 Å². The molecule has 8 nitrogen and oxygen atoms in total. The van der Waals surface area contributed by atoms with Crippen LogP contribution in [0, 0.1) is 10.1 Å². The second kappa shape index (κ2) is 7.62. The summed E-state index contributed by atoms with van der Waals surface area (Å²) >= 11 is 0. The van der Waals surface area contributed by atoms with Crippen LogP contribution in [-0.4, -0.2) is 66.6 Å². The largest absolute Gasteiger partial charge is 0.304 e. The number of nitrogens with one attached hydrogen (secondary N) is 1. The van der Waals surface area contributed by atoms with Gasteiger partial charge < -0.3 is 4.90 Å². The summed E-state index contributed by atoms with van der Waals surface area (Å²) in [5.74, 6) is -0.189. The predicted octanol–water partition coefficient (Wildman–Crippen LogP) is 0.292. The van der Waals surface area contributed by atoms with Gasteiger partial charge in [-0.05, 0) is 7.05 Å². The van der Waals surface area contributed by atoms with Gasteiger partial charge >= 0.3 is 0 Å². The predicted molar refractivity (Wildman–Crippen MR) is 82.8 cm³/mol. The van der Waals surface area contributed by atoms with E-state index in [1.54, 1.807) is 12.1 Å². The number of hydrogen-bond donors (Lipinski definition) is 1. The van der Waals surface area contributed by atoms with E-state index in [0.29, 0.717) is 12.1 Å². The quantitative estimate of drug-likeness (QED) is 0.480. The average Bonchev–Trinajstić information content (AvgIpc) is 2.50. The van der Waals surface area contributed by atoms with Crippen molar-refractivity contribution in [3.05, 3.63) is 39.9 Å². The molecule has 0 aliphatic carbocycles. The third-order valence-electron chi connectivity index (χ3n) is 3.45. The molecule has 8 heteroatoms. The van der Waals surface area contributed by atoms with Crippen molar-refractivity contribution in [2.45, 2.75) is 0 Å². The minimum absolute atomic E-state index is 0.00675. The summed E-state index contributed by atoms with van der Waals surface area (Å²) in [6, 6.07) is 6.06. The van der Waals surface area contributed by atoms with E-state index in [-0.39, 0.29) is 11.6 Å². The van der Waals surface area contributed by atoms with Gasteiger partial charge in [-0.3, -0.25) is 19.8 Å². The van der Waals surface area contributed by atoms with Crippen LogP contribution >= 0.6 is 0 Å². The number of benzene rings is 1. The molecule has 1 aromatic rings. The van der Waals surface area contributed by atoms with Crippen molar-refractivity contribution in [3.8, 4) is 0 Å². The average molecular weight is 305 g/mol. The maximum absolute atomic E-state index is 11.8. The fourth-order valence-corrected chi connectivity index (χ4v) is 2.14. The maximum atomic E-state index is 11.8. The molecule has 0 unspecified atom stereocenters. The van der Waals surface area contributed by atoms with E-state index in [4.69, 9.17) is 0 Å². The lowest BCUT2D eigenvalue weighted by Crippen LogP contribution is -2.47. The number of hydrazone groups is 1. The normalized spacial score (nSPS) is 16.8. The molecular formula is C14H19N5O3. The Bertz CT molecular complexity index is 567. The number of carbonyl (C=O) groups excluding carboxylic acids is 1. The molecule has 1 amide bonds. The molecular weight excluding hydrogens is 286 g/mol. The highest BCUT2D eigenvalue weighted by Crippen LogP contribution is 2.11. The molecule has 1 aliphatic rings. The summed E-state index contributed by atoms with van der Waals surface area (Å²) in [5.41, 5.74) is 3.00. The van der Waals surface area contributed by atoms with Crippen LogP contribution in [0.25, 0.3) is 0 Å². The first-order valence-corrected chi connectivity index (χ1v) is 7.02. The first kappa shape index (κ1) is 16.1. The first-order valence-electron chi connectivity index (χ1n) is 7.02. The minimum atomic E-state index is -0.469. The minimum Gasteiger partial charge on any atom is -0.304 e. The molecule has 0 saturated carbocycles. The Morgan fingerprint density at radius 1 is 1.41 bits per heavy atom. The molecule has 22 heavy (non-hydrogen) atoms. The zero-order valence-corrected chi connectivity index (χ0v) is 12.4. The number of rotatable bonds is 5. The van der Waals surface area contributed by atoms with Crippen LogP contribution < -0.4 is 5.43 Å². The van der Waals surface area contributed by atoms with Crippen molar-refractivity contribution in [2.75, 3.05) is 39.8 Å². The second-order valence-corrected chi connectivity index (χ2v) is 5.22. The number of amides is 1. The van der Waals surface area contributed by atoms with Crippen molar-refractivity contribution in [3.63, 3.8) is 0 Å². The fourth-order valence-electron chi connectivity index (χ4n) is 2.14. The zero-order valence-electron chi connectivity index (χ0n) is 12.4. The Balaban J connectivity index is 1.80. The molecule has 1 N–H and O–H groups in total. The van der Waals surface area contributed by atoms with Crippen LogP contribution in [-0.2, 0) is 4.79 Å². The van der Waals surface area contributed by atoms with Crippen molar-refractivity contribution in [2.24, 2.45) is 5.10 Å². The van der Waals surface area contributed by atoms with Gasteiger partial charge in [0, 0.05) is 43.9 Å². The first-order chi connectivity index (χ1) is 10.5. The van der Waals surface area contributed by atoms with Crippen LogP contribution in [0.2, 0.25) is 0 Å². The highest BCUT2D eigenvalue weighted by molar-refractivity contribution is 5.83. The van der Waals surface area contributed by atoms with Crippen molar-refractivity contribution < 1.29 is 9.72 Å². The van der Waals surface area contributed by atoms with Crippen molar-refractivity contribution in [1.82, 2.24) is 15.2 Å². The monoisotopic (exact) mass is 305 g/mol. The molecule has 1 heterocycles. The zero-order chi connectivity index (χ0) is 15.9. The third-order valence-corrected chi connectivity index (χ3v) is 3.45. The number of non-ortho nitro benzene ring substituents is 1. The number of likely N-dealkylation sites (N-methyl/N-ethyl adjacent to an activating group) is 1.